The molecule has 10 heteroatoms. The number of allylic oxidation sites excluding steroid dienone is 1. The Kier molecular flexibility index (Phi) is 9.17. The summed E-state index contributed by atoms with van der Waals surface area (Å²) in [6.07, 6.45) is 0.591. The van der Waals surface area contributed by atoms with Crippen LogP contribution in [0, 0.1) is 0 Å². The number of halogens is 3. The molecule has 3 aromatic rings. The molecular weight excluding hydrogens is 529 g/mol. The molecule has 0 aliphatic carbocycles. The lowest BCUT2D eigenvalue weighted by atomic mass is 9.98. The zero-order chi connectivity index (χ0) is 27.1. The van der Waals surface area contributed by atoms with Crippen molar-refractivity contribution < 1.29 is 18.0 Å². The van der Waals surface area contributed by atoms with Crippen molar-refractivity contribution in [3.63, 3.8) is 0 Å². The lowest BCUT2D eigenvalue weighted by Gasteiger charge is -2.33. The van der Waals surface area contributed by atoms with Crippen LogP contribution in [0.2, 0.25) is 0 Å². The summed E-state index contributed by atoms with van der Waals surface area (Å²) in [5.41, 5.74) is 2.56. The number of para-hydroxylation sites is 1. The Bertz CT molecular complexity index is 1280. The molecule has 1 fully saturated rings. The maximum atomic E-state index is 13.0. The average molecular weight is 559 g/mol. The summed E-state index contributed by atoms with van der Waals surface area (Å²) in [5.74, 6) is -0.0425. The molecule has 1 aromatic heterocycles. The Morgan fingerprint density at radius 3 is 2.55 bits per heavy atom. The van der Waals surface area contributed by atoms with Gasteiger partial charge in [0.2, 0.25) is 0 Å². The van der Waals surface area contributed by atoms with E-state index in [0.29, 0.717) is 17.9 Å². The molecule has 1 aliphatic rings. The lowest BCUT2D eigenvalue weighted by Crippen LogP contribution is -2.43. The van der Waals surface area contributed by atoms with Gasteiger partial charge in [0, 0.05) is 42.2 Å². The summed E-state index contributed by atoms with van der Waals surface area (Å²) >= 11 is 6.97. The van der Waals surface area contributed by atoms with E-state index in [1.54, 1.807) is 29.6 Å². The van der Waals surface area contributed by atoms with E-state index in [0.717, 1.165) is 47.2 Å². The van der Waals surface area contributed by atoms with Crippen molar-refractivity contribution in [2.45, 2.75) is 38.3 Å². The summed E-state index contributed by atoms with van der Waals surface area (Å²) in [6, 6.07) is 13.4. The van der Waals surface area contributed by atoms with Crippen molar-refractivity contribution in [2.24, 2.45) is 0 Å². The topological polar surface area (TPSA) is 57.3 Å². The van der Waals surface area contributed by atoms with Crippen molar-refractivity contribution in [1.82, 2.24) is 15.2 Å². The van der Waals surface area contributed by atoms with Crippen LogP contribution in [0.3, 0.4) is 0 Å². The van der Waals surface area contributed by atoms with Gasteiger partial charge < -0.3 is 15.5 Å². The molecule has 0 saturated carbocycles. The highest BCUT2D eigenvalue weighted by Crippen LogP contribution is 2.32. The van der Waals surface area contributed by atoms with Crippen LogP contribution in [0.4, 0.5) is 18.9 Å². The molecule has 38 heavy (non-hydrogen) atoms. The summed E-state index contributed by atoms with van der Waals surface area (Å²) in [5, 5.41) is 9.64. The van der Waals surface area contributed by atoms with Gasteiger partial charge in [-0.25, -0.2) is 4.98 Å². The van der Waals surface area contributed by atoms with Gasteiger partial charge in [-0.1, -0.05) is 54.6 Å². The molecule has 0 unspecified atom stereocenters. The molecule has 0 spiro atoms. The second-order valence-electron chi connectivity index (χ2n) is 9.08. The number of benzene rings is 2. The highest BCUT2D eigenvalue weighted by atomic mass is 32.1. The number of anilines is 1. The van der Waals surface area contributed by atoms with Crippen LogP contribution >= 0.6 is 23.6 Å². The number of carbonyl (C=O) groups excluding carboxylic acids is 1. The number of hydrogen-bond donors (Lipinski definition) is 2. The zero-order valence-corrected chi connectivity index (χ0v) is 22.6. The van der Waals surface area contributed by atoms with Crippen LogP contribution in [0.25, 0.3) is 11.1 Å². The van der Waals surface area contributed by atoms with E-state index in [1.807, 2.05) is 31.2 Å². The molecule has 200 valence electrons. The number of carbonyl (C=O) groups is 1. The summed E-state index contributed by atoms with van der Waals surface area (Å²) in [4.78, 5) is 19.8. The standard InChI is InChI=1S/C28H29F3N4OS2/c1-2-3-14-32-27(37)35-15-12-21(13-16-35)26-34-24(18-38-26)25(36)33-23-7-5-4-6-22(23)20-10-8-19(9-11-20)17-28(29,30)31/h2-11,18,21H,12-17H2,1H3,(H,32,37)(H,33,36)/b3-2+. The number of piperidine rings is 1. The Morgan fingerprint density at radius 2 is 1.87 bits per heavy atom. The molecule has 0 atom stereocenters. The minimum atomic E-state index is -4.26. The number of rotatable bonds is 7. The monoisotopic (exact) mass is 558 g/mol. The average Bonchev–Trinajstić information content (AvgIpc) is 3.40. The number of alkyl halides is 3. The minimum absolute atomic E-state index is 0.190. The number of nitrogens with zero attached hydrogens (tertiary/aromatic N) is 2. The fourth-order valence-corrected chi connectivity index (χ4v) is 5.59. The zero-order valence-electron chi connectivity index (χ0n) is 20.9. The van der Waals surface area contributed by atoms with E-state index in [4.69, 9.17) is 12.2 Å². The molecule has 2 aromatic carbocycles. The van der Waals surface area contributed by atoms with Crippen LogP contribution in [0.1, 0.15) is 46.7 Å². The molecule has 1 saturated heterocycles. The normalized spacial score (nSPS) is 14.6. The molecule has 2 N–H and O–H groups in total. The fourth-order valence-electron chi connectivity index (χ4n) is 4.35. The summed E-state index contributed by atoms with van der Waals surface area (Å²) < 4.78 is 38.1. The first-order chi connectivity index (χ1) is 18.2. The van der Waals surface area contributed by atoms with Crippen LogP contribution in [-0.2, 0) is 6.42 Å². The predicted molar refractivity (Wildman–Crippen MR) is 151 cm³/mol. The Balaban J connectivity index is 1.38. The van der Waals surface area contributed by atoms with Crippen LogP contribution in [0.15, 0.2) is 66.1 Å². The van der Waals surface area contributed by atoms with Gasteiger partial charge in [-0.2, -0.15) is 13.2 Å². The number of aromatic nitrogens is 1. The molecule has 0 radical (unpaired) electrons. The van der Waals surface area contributed by atoms with Gasteiger partial charge in [-0.05, 0) is 49.2 Å². The van der Waals surface area contributed by atoms with Gasteiger partial charge >= 0.3 is 6.18 Å². The second kappa shape index (κ2) is 12.5. The van der Waals surface area contributed by atoms with Gasteiger partial charge in [0.05, 0.1) is 11.4 Å². The van der Waals surface area contributed by atoms with Crippen molar-refractivity contribution in [1.29, 1.82) is 0 Å². The third-order valence-electron chi connectivity index (χ3n) is 6.34. The van der Waals surface area contributed by atoms with Crippen molar-refractivity contribution in [3.8, 4) is 11.1 Å². The van der Waals surface area contributed by atoms with Crippen molar-refractivity contribution in [3.05, 3.63) is 82.3 Å². The number of thiocarbonyl (C=S) groups is 1. The Hall–Kier alpha value is -3.24. The first kappa shape index (κ1) is 27.8. The number of thiazole rings is 1. The Labute approximate surface area is 229 Å². The number of nitrogens with one attached hydrogen (secondary N) is 2. The van der Waals surface area contributed by atoms with Crippen LogP contribution in [-0.4, -0.2) is 46.7 Å². The van der Waals surface area contributed by atoms with Crippen molar-refractivity contribution >= 4 is 40.3 Å². The van der Waals surface area contributed by atoms with Gasteiger partial charge in [-0.3, -0.25) is 4.79 Å². The number of hydrogen-bond acceptors (Lipinski definition) is 4. The second-order valence-corrected chi connectivity index (χ2v) is 10.4. The summed E-state index contributed by atoms with van der Waals surface area (Å²) in [7, 11) is 0. The van der Waals surface area contributed by atoms with Gasteiger partial charge in [-0.15, -0.1) is 11.3 Å². The molecule has 5 nitrogen and oxygen atoms in total. The fraction of sp³-hybridized carbons (Fsp3) is 0.321. The molecule has 4 rings (SSSR count). The van der Waals surface area contributed by atoms with Crippen LogP contribution in [0.5, 0.6) is 0 Å². The lowest BCUT2D eigenvalue weighted by molar-refractivity contribution is -0.127. The van der Waals surface area contributed by atoms with E-state index >= 15 is 0 Å². The molecule has 0 bridgehead atoms. The number of likely N-dealkylation sites (tertiary alicyclic amines) is 1. The van der Waals surface area contributed by atoms with E-state index in [1.165, 1.54) is 23.5 Å². The first-order valence-electron chi connectivity index (χ1n) is 12.4. The molecule has 1 amide bonds. The third kappa shape index (κ3) is 7.41. The third-order valence-corrected chi connectivity index (χ3v) is 7.75. The largest absolute Gasteiger partial charge is 0.393 e. The minimum Gasteiger partial charge on any atom is -0.359 e. The highest BCUT2D eigenvalue weighted by molar-refractivity contribution is 7.80. The van der Waals surface area contributed by atoms with Gasteiger partial charge in [0.1, 0.15) is 5.69 Å². The quantitative estimate of drug-likeness (QED) is 0.247. The molecule has 2 heterocycles. The predicted octanol–water partition coefficient (Wildman–Crippen LogP) is 6.80. The smallest absolute Gasteiger partial charge is 0.359 e. The number of amides is 1. The maximum absolute atomic E-state index is 13.0. The van der Waals surface area contributed by atoms with E-state index < -0.39 is 12.6 Å². The van der Waals surface area contributed by atoms with Crippen molar-refractivity contribution in [2.75, 3.05) is 25.0 Å². The molecular formula is C28H29F3N4OS2. The highest BCUT2D eigenvalue weighted by Gasteiger charge is 2.28. The Morgan fingerprint density at radius 1 is 1.16 bits per heavy atom. The summed E-state index contributed by atoms with van der Waals surface area (Å²) in [6.45, 7) is 4.36. The van der Waals surface area contributed by atoms with E-state index in [-0.39, 0.29) is 17.4 Å². The van der Waals surface area contributed by atoms with Gasteiger partial charge in [0.15, 0.2) is 5.11 Å². The SMILES string of the molecule is C/C=C/CNC(=S)N1CCC(c2nc(C(=O)Nc3ccccc3-c3ccc(CC(F)(F)F)cc3)cs2)CC1. The van der Waals surface area contributed by atoms with Crippen LogP contribution < -0.4 is 10.6 Å². The molecule has 1 aliphatic heterocycles. The van der Waals surface area contributed by atoms with E-state index in [9.17, 15) is 18.0 Å². The first-order valence-corrected chi connectivity index (χ1v) is 13.7. The van der Waals surface area contributed by atoms with E-state index in [2.05, 4.69) is 20.5 Å². The maximum Gasteiger partial charge on any atom is 0.393 e. The van der Waals surface area contributed by atoms with Gasteiger partial charge in [0.25, 0.3) is 5.91 Å².